The van der Waals surface area contributed by atoms with Gasteiger partial charge in [0.1, 0.15) is 22.3 Å². The highest BCUT2D eigenvalue weighted by Gasteiger charge is 2.21. The van der Waals surface area contributed by atoms with Crippen LogP contribution in [-0.4, -0.2) is 15.0 Å². The van der Waals surface area contributed by atoms with Crippen molar-refractivity contribution in [1.29, 1.82) is 0 Å². The minimum absolute atomic E-state index is 0.531. The molecule has 3 aromatic heterocycles. The molecule has 8 aromatic carbocycles. The van der Waals surface area contributed by atoms with Crippen molar-refractivity contribution in [2.45, 2.75) is 0 Å². The van der Waals surface area contributed by atoms with Crippen LogP contribution in [0.4, 0.5) is 0 Å². The van der Waals surface area contributed by atoms with Gasteiger partial charge in [-0.05, 0) is 63.4 Å². The van der Waals surface area contributed by atoms with E-state index in [-0.39, 0.29) is 0 Å². The van der Waals surface area contributed by atoms with Gasteiger partial charge in [0.05, 0.1) is 5.56 Å². The maximum Gasteiger partial charge on any atom is 0.167 e. The number of fused-ring (bicyclic) bond motifs is 7. The van der Waals surface area contributed by atoms with Crippen molar-refractivity contribution in [3.05, 3.63) is 176 Å². The number of para-hydroxylation sites is 3. The molecular weight excluding hydrogens is 663 g/mol. The van der Waals surface area contributed by atoms with E-state index in [1.165, 1.54) is 16.3 Å². The van der Waals surface area contributed by atoms with Crippen LogP contribution in [0.15, 0.2) is 185 Å². The second-order valence-corrected chi connectivity index (χ2v) is 13.6. The van der Waals surface area contributed by atoms with Crippen molar-refractivity contribution < 1.29 is 8.83 Å². The molecule has 11 rings (SSSR count). The van der Waals surface area contributed by atoms with Crippen LogP contribution >= 0.6 is 0 Å². The zero-order chi connectivity index (χ0) is 35.6. The number of furan rings is 2. The predicted molar refractivity (Wildman–Crippen MR) is 219 cm³/mol. The molecule has 0 bridgehead atoms. The van der Waals surface area contributed by atoms with E-state index in [1.54, 1.807) is 0 Å². The van der Waals surface area contributed by atoms with Crippen molar-refractivity contribution in [1.82, 2.24) is 15.0 Å². The number of hydrogen-bond donors (Lipinski definition) is 0. The average molecular weight is 692 g/mol. The zero-order valence-corrected chi connectivity index (χ0v) is 28.9. The van der Waals surface area contributed by atoms with E-state index in [0.29, 0.717) is 17.5 Å². The van der Waals surface area contributed by atoms with Crippen molar-refractivity contribution in [3.8, 4) is 56.4 Å². The van der Waals surface area contributed by atoms with Crippen molar-refractivity contribution in [2.24, 2.45) is 0 Å². The smallest absolute Gasteiger partial charge is 0.167 e. The fourth-order valence-electron chi connectivity index (χ4n) is 7.77. The topological polar surface area (TPSA) is 65.0 Å². The molecule has 0 spiro atoms. The van der Waals surface area contributed by atoms with E-state index in [0.717, 1.165) is 77.3 Å². The lowest BCUT2D eigenvalue weighted by Crippen LogP contribution is -2.01. The highest BCUT2D eigenvalue weighted by molar-refractivity contribution is 6.13. The number of aromatic nitrogens is 3. The second kappa shape index (κ2) is 12.1. The first kappa shape index (κ1) is 30.3. The molecule has 0 aliphatic carbocycles. The lowest BCUT2D eigenvalue weighted by molar-refractivity contribution is 0.668. The lowest BCUT2D eigenvalue weighted by atomic mass is 9.97. The Morgan fingerprint density at radius 3 is 1.74 bits per heavy atom. The molecule has 11 aromatic rings. The van der Waals surface area contributed by atoms with Gasteiger partial charge in [0, 0.05) is 32.7 Å². The van der Waals surface area contributed by atoms with Crippen molar-refractivity contribution in [3.63, 3.8) is 0 Å². The summed E-state index contributed by atoms with van der Waals surface area (Å²) in [4.78, 5) is 15.7. The fourth-order valence-corrected chi connectivity index (χ4v) is 7.77. The summed E-state index contributed by atoms with van der Waals surface area (Å²) in [6.45, 7) is 0. The maximum absolute atomic E-state index is 6.51. The summed E-state index contributed by atoms with van der Waals surface area (Å²) in [6, 6.07) is 60.4. The van der Waals surface area contributed by atoms with Gasteiger partial charge in [0.15, 0.2) is 17.5 Å². The summed E-state index contributed by atoms with van der Waals surface area (Å²) in [5, 5.41) is 6.45. The first-order valence-corrected chi connectivity index (χ1v) is 18.0. The van der Waals surface area contributed by atoms with Gasteiger partial charge < -0.3 is 8.83 Å². The van der Waals surface area contributed by atoms with Gasteiger partial charge in [0.2, 0.25) is 0 Å². The summed E-state index contributed by atoms with van der Waals surface area (Å²) in [5.41, 5.74) is 10.1. The van der Waals surface area contributed by atoms with E-state index in [1.807, 2.05) is 66.7 Å². The normalized spacial score (nSPS) is 11.7. The van der Waals surface area contributed by atoms with Gasteiger partial charge in [-0.25, -0.2) is 15.0 Å². The van der Waals surface area contributed by atoms with Crippen LogP contribution in [0.5, 0.6) is 0 Å². The Morgan fingerprint density at radius 1 is 0.315 bits per heavy atom. The van der Waals surface area contributed by atoms with Gasteiger partial charge in [-0.2, -0.15) is 0 Å². The average Bonchev–Trinajstić information content (AvgIpc) is 3.82. The molecule has 0 aliphatic rings. The molecule has 0 aliphatic heterocycles. The summed E-state index contributed by atoms with van der Waals surface area (Å²) >= 11 is 0. The monoisotopic (exact) mass is 691 g/mol. The largest absolute Gasteiger partial charge is 0.456 e. The van der Waals surface area contributed by atoms with Crippen LogP contribution < -0.4 is 0 Å². The zero-order valence-electron chi connectivity index (χ0n) is 28.9. The summed E-state index contributed by atoms with van der Waals surface area (Å²) in [7, 11) is 0. The Bertz CT molecular complexity index is 3210. The molecule has 252 valence electrons. The van der Waals surface area contributed by atoms with E-state index in [4.69, 9.17) is 23.8 Å². The van der Waals surface area contributed by atoms with Crippen LogP contribution in [-0.2, 0) is 0 Å². The Kier molecular flexibility index (Phi) is 6.79. The first-order chi connectivity index (χ1) is 26.7. The molecule has 0 amide bonds. The fraction of sp³-hybridized carbons (Fsp3) is 0. The first-order valence-electron chi connectivity index (χ1n) is 18.0. The molecule has 5 heteroatoms. The molecule has 54 heavy (non-hydrogen) atoms. The maximum atomic E-state index is 6.51. The quantitative estimate of drug-likeness (QED) is 0.180. The van der Waals surface area contributed by atoms with Crippen LogP contribution in [0.25, 0.3) is 111 Å². The summed E-state index contributed by atoms with van der Waals surface area (Å²) in [5.74, 6) is 1.65. The lowest BCUT2D eigenvalue weighted by Gasteiger charge is -2.12. The highest BCUT2D eigenvalue weighted by Crippen LogP contribution is 2.41. The molecule has 5 nitrogen and oxygen atoms in total. The highest BCUT2D eigenvalue weighted by atomic mass is 16.3. The molecule has 0 saturated heterocycles. The van der Waals surface area contributed by atoms with Crippen LogP contribution in [0.1, 0.15) is 0 Å². The molecule has 0 atom stereocenters. The Labute approximate surface area is 309 Å². The van der Waals surface area contributed by atoms with Gasteiger partial charge in [0.25, 0.3) is 0 Å². The predicted octanol–water partition coefficient (Wildman–Crippen LogP) is 13.2. The third-order valence-corrected chi connectivity index (χ3v) is 10.4. The van der Waals surface area contributed by atoms with Gasteiger partial charge >= 0.3 is 0 Å². The minimum atomic E-state index is 0.531. The van der Waals surface area contributed by atoms with Crippen molar-refractivity contribution in [2.75, 3.05) is 0 Å². The third-order valence-electron chi connectivity index (χ3n) is 10.4. The number of benzene rings is 8. The molecule has 0 fully saturated rings. The summed E-state index contributed by atoms with van der Waals surface area (Å²) < 4.78 is 13.0. The van der Waals surface area contributed by atoms with Crippen LogP contribution in [0, 0.1) is 0 Å². The Hall–Kier alpha value is -7.37. The van der Waals surface area contributed by atoms with E-state index >= 15 is 0 Å². The molecule has 0 unspecified atom stereocenters. The van der Waals surface area contributed by atoms with Crippen LogP contribution in [0.2, 0.25) is 0 Å². The van der Waals surface area contributed by atoms with Gasteiger partial charge in [-0.15, -0.1) is 0 Å². The van der Waals surface area contributed by atoms with Crippen molar-refractivity contribution >= 4 is 54.6 Å². The molecule has 0 N–H and O–H groups in total. The minimum Gasteiger partial charge on any atom is -0.456 e. The SMILES string of the molecule is c1ccc(-c2cc(-c3nc(-c4ccc(-c5cccc6ccccc56)cc4)nc(-c4cccc5c4oc4ccccc45)n3)c3c(c2)oc2ccccc23)cc1. The Balaban J connectivity index is 1.16. The number of hydrogen-bond acceptors (Lipinski definition) is 5. The second-order valence-electron chi connectivity index (χ2n) is 13.6. The number of rotatable bonds is 5. The summed E-state index contributed by atoms with van der Waals surface area (Å²) in [6.07, 6.45) is 0. The molecule has 0 radical (unpaired) electrons. The van der Waals surface area contributed by atoms with Gasteiger partial charge in [-0.3, -0.25) is 0 Å². The van der Waals surface area contributed by atoms with E-state index < -0.39 is 0 Å². The molecular formula is C49H29N3O2. The van der Waals surface area contributed by atoms with Gasteiger partial charge in [-0.1, -0.05) is 146 Å². The van der Waals surface area contributed by atoms with E-state index in [2.05, 4.69) is 109 Å². The Morgan fingerprint density at radius 2 is 0.907 bits per heavy atom. The standard InChI is InChI=1S/C49H29N3O2/c1-2-12-30(13-3-1)34-28-41(45-39-18-7-9-23-43(39)53-44(45)29-34)49-51-47(33-26-24-32(25-27-33)36-19-10-15-31-14-4-5-16-35(31)36)50-48(52-49)40-21-11-20-38-37-17-6-8-22-42(37)54-46(38)40/h1-29H. The van der Waals surface area contributed by atoms with E-state index in [9.17, 15) is 0 Å². The third kappa shape index (κ3) is 4.90. The van der Waals surface area contributed by atoms with Crippen LogP contribution in [0.3, 0.4) is 0 Å². The number of nitrogens with zero attached hydrogens (tertiary/aromatic N) is 3. The molecule has 0 saturated carbocycles. The molecule has 3 heterocycles.